The Morgan fingerprint density at radius 3 is 1.43 bits per heavy atom. The average molecular weight is 192 g/mol. The fraction of sp³-hybridized carbons (Fsp3) is 0.667. The van der Waals surface area contributed by atoms with Gasteiger partial charge in [-0.25, -0.2) is 9.97 Å². The number of aromatic nitrogens is 2. The van der Waals surface area contributed by atoms with Crippen molar-refractivity contribution in [2.45, 2.75) is 53.4 Å². The second-order valence-corrected chi connectivity index (χ2v) is 4.48. The standard InChI is InChI=1S/C12H20N2/c1-7(2)11-9(5)12(8(3)4)14-10(6)13-11/h7-8H,1-6H3. The summed E-state index contributed by atoms with van der Waals surface area (Å²) in [6.07, 6.45) is 0. The third kappa shape index (κ3) is 2.11. The molecule has 0 radical (unpaired) electrons. The smallest absolute Gasteiger partial charge is 0.125 e. The first-order valence-electron chi connectivity index (χ1n) is 5.28. The van der Waals surface area contributed by atoms with Crippen LogP contribution in [0.2, 0.25) is 0 Å². The van der Waals surface area contributed by atoms with Gasteiger partial charge in [0.25, 0.3) is 0 Å². The molecule has 14 heavy (non-hydrogen) atoms. The zero-order chi connectivity index (χ0) is 10.9. The molecule has 0 unspecified atom stereocenters. The van der Waals surface area contributed by atoms with E-state index in [1.165, 1.54) is 17.0 Å². The van der Waals surface area contributed by atoms with Crippen LogP contribution in [0.25, 0.3) is 0 Å². The maximum absolute atomic E-state index is 4.50. The monoisotopic (exact) mass is 192 g/mol. The van der Waals surface area contributed by atoms with Crippen molar-refractivity contribution in [3.05, 3.63) is 22.8 Å². The fourth-order valence-corrected chi connectivity index (χ4v) is 1.80. The van der Waals surface area contributed by atoms with Gasteiger partial charge in [0.15, 0.2) is 0 Å². The first-order chi connectivity index (χ1) is 6.43. The number of rotatable bonds is 2. The molecule has 1 aromatic rings. The van der Waals surface area contributed by atoms with Crippen molar-refractivity contribution in [1.82, 2.24) is 9.97 Å². The molecule has 0 aliphatic carbocycles. The molecular weight excluding hydrogens is 172 g/mol. The van der Waals surface area contributed by atoms with Gasteiger partial charge in [0.05, 0.1) is 0 Å². The van der Waals surface area contributed by atoms with Crippen LogP contribution in [0.1, 0.15) is 62.3 Å². The Balaban J connectivity index is 3.32. The lowest BCUT2D eigenvalue weighted by Crippen LogP contribution is -2.07. The normalized spacial score (nSPS) is 11.4. The minimum absolute atomic E-state index is 0.481. The van der Waals surface area contributed by atoms with Crippen LogP contribution in [0.3, 0.4) is 0 Å². The van der Waals surface area contributed by atoms with Gasteiger partial charge in [-0.3, -0.25) is 0 Å². The zero-order valence-corrected chi connectivity index (χ0v) is 10.0. The van der Waals surface area contributed by atoms with Crippen molar-refractivity contribution >= 4 is 0 Å². The number of aryl methyl sites for hydroxylation is 1. The average Bonchev–Trinajstić information content (AvgIpc) is 2.07. The Kier molecular flexibility index (Phi) is 3.25. The molecule has 78 valence electrons. The van der Waals surface area contributed by atoms with Gasteiger partial charge in [-0.1, -0.05) is 27.7 Å². The van der Waals surface area contributed by atoms with Crippen LogP contribution >= 0.6 is 0 Å². The first kappa shape index (κ1) is 11.2. The Morgan fingerprint density at radius 1 is 0.786 bits per heavy atom. The van der Waals surface area contributed by atoms with Crippen LogP contribution in [0, 0.1) is 13.8 Å². The molecule has 0 saturated heterocycles. The first-order valence-corrected chi connectivity index (χ1v) is 5.28. The lowest BCUT2D eigenvalue weighted by Gasteiger charge is -2.15. The van der Waals surface area contributed by atoms with E-state index in [4.69, 9.17) is 0 Å². The molecular formula is C12H20N2. The molecule has 0 aliphatic rings. The molecule has 0 amide bonds. The highest BCUT2D eigenvalue weighted by Crippen LogP contribution is 2.23. The van der Waals surface area contributed by atoms with Gasteiger partial charge >= 0.3 is 0 Å². The highest BCUT2D eigenvalue weighted by atomic mass is 14.9. The highest BCUT2D eigenvalue weighted by Gasteiger charge is 2.13. The van der Waals surface area contributed by atoms with Crippen LogP contribution in [0.5, 0.6) is 0 Å². The SMILES string of the molecule is Cc1nc(C(C)C)c(C)c(C(C)C)n1. The lowest BCUT2D eigenvalue weighted by atomic mass is 9.98. The van der Waals surface area contributed by atoms with E-state index in [1.807, 2.05) is 6.92 Å². The van der Waals surface area contributed by atoms with Crippen molar-refractivity contribution in [2.75, 3.05) is 0 Å². The van der Waals surface area contributed by atoms with E-state index in [0.29, 0.717) is 11.8 Å². The van der Waals surface area contributed by atoms with E-state index in [0.717, 1.165) is 5.82 Å². The third-order valence-electron chi connectivity index (χ3n) is 2.43. The maximum atomic E-state index is 4.50. The quantitative estimate of drug-likeness (QED) is 0.718. The molecule has 0 bridgehead atoms. The molecule has 1 heterocycles. The predicted molar refractivity (Wildman–Crippen MR) is 59.7 cm³/mol. The van der Waals surface area contributed by atoms with Crippen LogP contribution in [-0.4, -0.2) is 9.97 Å². The summed E-state index contributed by atoms with van der Waals surface area (Å²) >= 11 is 0. The van der Waals surface area contributed by atoms with Crippen LogP contribution in [-0.2, 0) is 0 Å². The third-order valence-corrected chi connectivity index (χ3v) is 2.43. The van der Waals surface area contributed by atoms with E-state index in [9.17, 15) is 0 Å². The number of hydrogen-bond donors (Lipinski definition) is 0. The molecule has 0 aliphatic heterocycles. The summed E-state index contributed by atoms with van der Waals surface area (Å²) in [6, 6.07) is 0. The summed E-state index contributed by atoms with van der Waals surface area (Å²) in [4.78, 5) is 9.01. The Labute approximate surface area is 86.8 Å². The molecule has 0 aromatic carbocycles. The number of hydrogen-bond acceptors (Lipinski definition) is 2. The van der Waals surface area contributed by atoms with E-state index in [2.05, 4.69) is 44.6 Å². The topological polar surface area (TPSA) is 25.8 Å². The lowest BCUT2D eigenvalue weighted by molar-refractivity contribution is 0.735. The van der Waals surface area contributed by atoms with Gasteiger partial charge in [-0.15, -0.1) is 0 Å². The van der Waals surface area contributed by atoms with Crippen molar-refractivity contribution in [3.63, 3.8) is 0 Å². The Bertz CT molecular complexity index is 298. The summed E-state index contributed by atoms with van der Waals surface area (Å²) in [5.74, 6) is 1.85. The summed E-state index contributed by atoms with van der Waals surface area (Å²) in [5.41, 5.74) is 3.66. The number of nitrogens with zero attached hydrogens (tertiary/aromatic N) is 2. The fourth-order valence-electron chi connectivity index (χ4n) is 1.80. The molecule has 1 aromatic heterocycles. The van der Waals surface area contributed by atoms with Gasteiger partial charge in [-0.05, 0) is 31.2 Å². The molecule has 2 heteroatoms. The molecule has 0 spiro atoms. The van der Waals surface area contributed by atoms with E-state index in [1.54, 1.807) is 0 Å². The van der Waals surface area contributed by atoms with Crippen molar-refractivity contribution in [3.8, 4) is 0 Å². The summed E-state index contributed by atoms with van der Waals surface area (Å²) in [7, 11) is 0. The largest absolute Gasteiger partial charge is 0.238 e. The van der Waals surface area contributed by atoms with E-state index >= 15 is 0 Å². The minimum atomic E-state index is 0.481. The van der Waals surface area contributed by atoms with E-state index in [-0.39, 0.29) is 0 Å². The Morgan fingerprint density at radius 2 is 1.14 bits per heavy atom. The zero-order valence-electron chi connectivity index (χ0n) is 10.0. The molecule has 0 N–H and O–H groups in total. The summed E-state index contributed by atoms with van der Waals surface area (Å²) in [5, 5.41) is 0. The summed E-state index contributed by atoms with van der Waals surface area (Å²) < 4.78 is 0. The molecule has 2 nitrogen and oxygen atoms in total. The van der Waals surface area contributed by atoms with Gasteiger partial charge in [0.1, 0.15) is 5.82 Å². The Hall–Kier alpha value is -0.920. The van der Waals surface area contributed by atoms with E-state index < -0.39 is 0 Å². The summed E-state index contributed by atoms with van der Waals surface area (Å²) in [6.45, 7) is 12.8. The molecule has 0 saturated carbocycles. The van der Waals surface area contributed by atoms with Crippen LogP contribution < -0.4 is 0 Å². The second kappa shape index (κ2) is 4.07. The second-order valence-electron chi connectivity index (χ2n) is 4.48. The van der Waals surface area contributed by atoms with Gasteiger partial charge in [-0.2, -0.15) is 0 Å². The van der Waals surface area contributed by atoms with Crippen molar-refractivity contribution in [1.29, 1.82) is 0 Å². The predicted octanol–water partition coefficient (Wildman–Crippen LogP) is 3.34. The van der Waals surface area contributed by atoms with Gasteiger partial charge < -0.3 is 0 Å². The van der Waals surface area contributed by atoms with Crippen LogP contribution in [0.4, 0.5) is 0 Å². The van der Waals surface area contributed by atoms with Crippen molar-refractivity contribution in [2.24, 2.45) is 0 Å². The van der Waals surface area contributed by atoms with Crippen LogP contribution in [0.15, 0.2) is 0 Å². The van der Waals surface area contributed by atoms with Gasteiger partial charge in [0.2, 0.25) is 0 Å². The molecule has 0 fully saturated rings. The molecule has 1 rings (SSSR count). The van der Waals surface area contributed by atoms with Crippen molar-refractivity contribution < 1.29 is 0 Å². The van der Waals surface area contributed by atoms with Gasteiger partial charge in [0, 0.05) is 11.4 Å². The highest BCUT2D eigenvalue weighted by molar-refractivity contribution is 5.28. The minimum Gasteiger partial charge on any atom is -0.238 e. The molecule has 0 atom stereocenters. The maximum Gasteiger partial charge on any atom is 0.125 e.